The summed E-state index contributed by atoms with van der Waals surface area (Å²) in [5.74, 6) is -0.828. The van der Waals surface area contributed by atoms with Crippen LogP contribution < -0.4 is 10.5 Å². The zero-order valence-electron chi connectivity index (χ0n) is 20.0. The molecule has 6 nitrogen and oxygen atoms in total. The van der Waals surface area contributed by atoms with Crippen LogP contribution in [0.1, 0.15) is 62.1 Å². The maximum atomic E-state index is 12.3. The fraction of sp³-hybridized carbons (Fsp3) is 0.462. The highest BCUT2D eigenvalue weighted by Gasteiger charge is 2.38. The van der Waals surface area contributed by atoms with Crippen molar-refractivity contribution in [3.8, 4) is 5.75 Å². The number of carboxylic acid groups (broad SMARTS) is 1. The van der Waals surface area contributed by atoms with E-state index in [9.17, 15) is 18.0 Å². The van der Waals surface area contributed by atoms with Gasteiger partial charge in [0.25, 0.3) is 0 Å². The number of halogens is 3. The van der Waals surface area contributed by atoms with Gasteiger partial charge in [-0.15, -0.1) is 0 Å². The van der Waals surface area contributed by atoms with E-state index in [1.165, 1.54) is 18.4 Å². The van der Waals surface area contributed by atoms with Crippen molar-refractivity contribution < 1.29 is 37.3 Å². The molecule has 0 aliphatic heterocycles. The minimum atomic E-state index is -5.08. The number of alkyl halides is 3. The van der Waals surface area contributed by atoms with E-state index in [0.717, 1.165) is 22.8 Å². The van der Waals surface area contributed by atoms with Crippen LogP contribution in [0.4, 0.5) is 13.2 Å². The topological polar surface area (TPSA) is 98.9 Å². The Morgan fingerprint density at radius 3 is 2.11 bits per heavy atom. The first kappa shape index (κ1) is 28.2. The number of rotatable bonds is 9. The van der Waals surface area contributed by atoms with E-state index in [2.05, 4.69) is 39.0 Å². The lowest BCUT2D eigenvalue weighted by Gasteiger charge is -2.21. The average Bonchev–Trinajstić information content (AvgIpc) is 3.64. The molecule has 0 bridgehead atoms. The summed E-state index contributed by atoms with van der Waals surface area (Å²) in [7, 11) is 0. The normalized spacial score (nSPS) is 15.0. The lowest BCUT2D eigenvalue weighted by molar-refractivity contribution is -0.192. The van der Waals surface area contributed by atoms with E-state index in [1.54, 1.807) is 0 Å². The first-order valence-electron chi connectivity index (χ1n) is 11.4. The van der Waals surface area contributed by atoms with Crippen molar-refractivity contribution in [3.63, 3.8) is 0 Å². The first-order valence-corrected chi connectivity index (χ1v) is 11.4. The minimum Gasteiger partial charge on any atom is -0.475 e. The predicted octanol–water partition coefficient (Wildman–Crippen LogP) is 5.41. The second kappa shape index (κ2) is 12.6. The van der Waals surface area contributed by atoms with Crippen LogP contribution in [0.3, 0.4) is 0 Å². The number of carbonyl (C=O) groups excluding carboxylic acids is 1. The molecule has 2 atom stereocenters. The number of esters is 1. The molecule has 1 aliphatic rings. The highest BCUT2D eigenvalue weighted by molar-refractivity contribution is 5.75. The van der Waals surface area contributed by atoms with E-state index in [0.29, 0.717) is 18.3 Å². The summed E-state index contributed by atoms with van der Waals surface area (Å²) in [6.07, 6.45) is -2.09. The van der Waals surface area contributed by atoms with E-state index in [4.69, 9.17) is 25.1 Å². The van der Waals surface area contributed by atoms with Crippen molar-refractivity contribution >= 4 is 11.9 Å². The summed E-state index contributed by atoms with van der Waals surface area (Å²) in [5.41, 5.74) is 9.37. The maximum Gasteiger partial charge on any atom is 0.490 e. The van der Waals surface area contributed by atoms with E-state index in [-0.39, 0.29) is 6.79 Å². The Morgan fingerprint density at radius 1 is 1.03 bits per heavy atom. The third-order valence-corrected chi connectivity index (χ3v) is 5.77. The molecular weight excluding hydrogens is 463 g/mol. The summed E-state index contributed by atoms with van der Waals surface area (Å²) >= 11 is 0. The monoisotopic (exact) mass is 495 g/mol. The molecule has 0 radical (unpaired) electrons. The molecule has 0 spiro atoms. The van der Waals surface area contributed by atoms with Crippen LogP contribution in [0.25, 0.3) is 0 Å². The summed E-state index contributed by atoms with van der Waals surface area (Å²) in [4.78, 5) is 21.2. The maximum absolute atomic E-state index is 12.3. The van der Waals surface area contributed by atoms with Crippen LogP contribution in [0, 0.1) is 5.92 Å². The van der Waals surface area contributed by atoms with Gasteiger partial charge in [-0.3, -0.25) is 4.79 Å². The average molecular weight is 496 g/mol. The fourth-order valence-electron chi connectivity index (χ4n) is 3.61. The van der Waals surface area contributed by atoms with Gasteiger partial charge in [0.15, 0.2) is 0 Å². The van der Waals surface area contributed by atoms with Gasteiger partial charge in [-0.1, -0.05) is 69.3 Å². The van der Waals surface area contributed by atoms with Gasteiger partial charge < -0.3 is 20.3 Å². The molecule has 0 amide bonds. The molecule has 3 rings (SSSR count). The largest absolute Gasteiger partial charge is 0.490 e. The molecule has 3 N–H and O–H groups in total. The van der Waals surface area contributed by atoms with Gasteiger partial charge in [0, 0.05) is 0 Å². The second-order valence-electron chi connectivity index (χ2n) is 8.87. The summed E-state index contributed by atoms with van der Waals surface area (Å²) < 4.78 is 43.1. The molecule has 1 saturated carbocycles. The van der Waals surface area contributed by atoms with Gasteiger partial charge in [-0.2, -0.15) is 13.2 Å². The zero-order chi connectivity index (χ0) is 26.2. The Kier molecular flexibility index (Phi) is 10.1. The lowest BCUT2D eigenvalue weighted by Crippen LogP contribution is -2.35. The van der Waals surface area contributed by atoms with Crippen LogP contribution in [0.5, 0.6) is 5.75 Å². The molecule has 2 aromatic rings. The van der Waals surface area contributed by atoms with Gasteiger partial charge in [-0.05, 0) is 53.7 Å². The summed E-state index contributed by atoms with van der Waals surface area (Å²) in [6.45, 7) is 6.44. The molecule has 192 valence electrons. The molecular formula is C26H32F3NO5. The van der Waals surface area contributed by atoms with Gasteiger partial charge in [0.1, 0.15) is 11.8 Å². The number of para-hydroxylation sites is 1. The minimum absolute atomic E-state index is 0.116. The summed E-state index contributed by atoms with van der Waals surface area (Å²) in [6, 6.07) is 15.3. The number of aliphatic carboxylic acids is 1. The molecule has 0 aromatic heterocycles. The van der Waals surface area contributed by atoms with Crippen molar-refractivity contribution in [1.29, 1.82) is 0 Å². The van der Waals surface area contributed by atoms with Gasteiger partial charge in [-0.25, -0.2) is 4.79 Å². The quantitative estimate of drug-likeness (QED) is 0.357. The molecule has 9 heteroatoms. The van der Waals surface area contributed by atoms with Crippen LogP contribution >= 0.6 is 0 Å². The molecule has 1 aliphatic carbocycles. The highest BCUT2D eigenvalue weighted by Crippen LogP contribution is 2.46. The number of ether oxygens (including phenoxy) is 2. The van der Waals surface area contributed by atoms with Crippen molar-refractivity contribution in [2.45, 2.75) is 64.1 Å². The van der Waals surface area contributed by atoms with E-state index >= 15 is 0 Å². The van der Waals surface area contributed by atoms with Gasteiger partial charge in [0.2, 0.25) is 6.79 Å². The van der Waals surface area contributed by atoms with Crippen molar-refractivity contribution in [2.75, 3.05) is 6.79 Å². The van der Waals surface area contributed by atoms with E-state index < -0.39 is 24.2 Å². The van der Waals surface area contributed by atoms with Gasteiger partial charge in [0.05, 0.1) is 0 Å². The molecule has 1 fully saturated rings. The third kappa shape index (κ3) is 8.90. The van der Waals surface area contributed by atoms with E-state index in [1.807, 2.05) is 30.3 Å². The Balaban J connectivity index is 0.000000540. The van der Waals surface area contributed by atoms with Crippen molar-refractivity contribution in [1.82, 2.24) is 0 Å². The molecule has 35 heavy (non-hydrogen) atoms. The van der Waals surface area contributed by atoms with Crippen LogP contribution in [0.15, 0.2) is 48.5 Å². The number of benzene rings is 2. The molecule has 0 heterocycles. The number of carboxylic acids is 1. The molecule has 2 aromatic carbocycles. The SMILES string of the molecule is CC(C)c1cccc([C@H](C)C2CC2)c1OCOC(=O)[C@@H](N)Cc1ccccc1.O=C(O)C(F)(F)F. The summed E-state index contributed by atoms with van der Waals surface area (Å²) in [5, 5.41) is 7.12. The molecule has 0 unspecified atom stereocenters. The van der Waals surface area contributed by atoms with Crippen molar-refractivity contribution in [2.24, 2.45) is 11.7 Å². The highest BCUT2D eigenvalue weighted by atomic mass is 19.4. The van der Waals surface area contributed by atoms with Crippen LogP contribution in [0.2, 0.25) is 0 Å². The standard InChI is InChI=1S/C24H31NO3.C2HF3O2/c1-16(2)20-10-7-11-21(17(3)19-12-13-19)23(20)27-15-28-24(26)22(25)14-18-8-5-4-6-9-18;3-2(4,5)1(6)7/h4-11,16-17,19,22H,12-15,25H2,1-3H3;(H,6,7)/t17-,22+;/m1./s1. The van der Waals surface area contributed by atoms with Crippen LogP contribution in [-0.4, -0.2) is 36.1 Å². The lowest BCUT2D eigenvalue weighted by atomic mass is 9.90. The van der Waals surface area contributed by atoms with Crippen molar-refractivity contribution in [3.05, 3.63) is 65.2 Å². The van der Waals surface area contributed by atoms with Crippen LogP contribution in [-0.2, 0) is 20.7 Å². The Morgan fingerprint density at radius 2 is 1.60 bits per heavy atom. The second-order valence-corrected chi connectivity index (χ2v) is 8.87. The number of hydrogen-bond donors (Lipinski definition) is 2. The number of carbonyl (C=O) groups is 2. The smallest absolute Gasteiger partial charge is 0.475 e. The number of nitrogens with two attached hydrogens (primary N) is 1. The Hall–Kier alpha value is -3.07. The molecule has 0 saturated heterocycles. The first-order chi connectivity index (χ1) is 16.4. The Labute approximate surface area is 203 Å². The fourth-order valence-corrected chi connectivity index (χ4v) is 3.61. The zero-order valence-corrected chi connectivity index (χ0v) is 20.0. The number of hydrogen-bond acceptors (Lipinski definition) is 5. The third-order valence-electron chi connectivity index (χ3n) is 5.77. The Bertz CT molecular complexity index is 975. The predicted molar refractivity (Wildman–Crippen MR) is 125 cm³/mol. The van der Waals surface area contributed by atoms with Gasteiger partial charge >= 0.3 is 18.1 Å².